The van der Waals surface area contributed by atoms with E-state index in [0.717, 1.165) is 37.1 Å². The summed E-state index contributed by atoms with van der Waals surface area (Å²) in [6.45, 7) is 3.76. The molecule has 184 valence electrons. The van der Waals surface area contributed by atoms with Crippen LogP contribution < -0.4 is 11.1 Å². The average molecular weight is 521 g/mol. The highest BCUT2D eigenvalue weighted by molar-refractivity contribution is 6.43. The Balaban J connectivity index is 1.64. The first-order valence-electron chi connectivity index (χ1n) is 11.7. The first kappa shape index (κ1) is 25.6. The monoisotopic (exact) mass is 520 g/mol. The molecular formula is C28H26Cl2N4O2. The Morgan fingerprint density at radius 1 is 1.11 bits per heavy atom. The van der Waals surface area contributed by atoms with E-state index in [1.165, 1.54) is 17.2 Å². The maximum Gasteiger partial charge on any atom is 0.262 e. The molecule has 36 heavy (non-hydrogen) atoms. The SMILES string of the molecule is Cc1cc(/C=C(\C#N)C(=O)NC(C(N)=O)c2ccc3c(c2)CCCC3)c(C)n1-c1cccc(Cl)c1Cl. The van der Waals surface area contributed by atoms with Gasteiger partial charge in [-0.1, -0.05) is 47.5 Å². The van der Waals surface area contributed by atoms with Crippen molar-refractivity contribution >= 4 is 41.1 Å². The molecule has 2 amide bonds. The molecule has 2 aromatic carbocycles. The maximum absolute atomic E-state index is 13.1. The van der Waals surface area contributed by atoms with E-state index in [-0.39, 0.29) is 5.57 Å². The first-order valence-corrected chi connectivity index (χ1v) is 12.4. The van der Waals surface area contributed by atoms with Gasteiger partial charge < -0.3 is 15.6 Å². The van der Waals surface area contributed by atoms with Crippen LogP contribution in [0.5, 0.6) is 0 Å². The van der Waals surface area contributed by atoms with E-state index < -0.39 is 17.9 Å². The van der Waals surface area contributed by atoms with Gasteiger partial charge in [0, 0.05) is 11.4 Å². The van der Waals surface area contributed by atoms with Crippen LogP contribution in [0.15, 0.2) is 48.0 Å². The number of aromatic nitrogens is 1. The quantitative estimate of drug-likeness (QED) is 0.330. The highest BCUT2D eigenvalue weighted by Gasteiger charge is 2.24. The van der Waals surface area contributed by atoms with Crippen molar-refractivity contribution in [3.63, 3.8) is 0 Å². The van der Waals surface area contributed by atoms with Crippen LogP contribution in [-0.2, 0) is 22.4 Å². The Labute approximate surface area is 220 Å². The standard InChI is InChI=1S/C28H26Cl2N4O2/c1-16-12-21(17(2)34(16)24-9-5-8-23(29)25(24)30)14-22(15-31)28(36)33-26(27(32)35)20-11-10-18-6-3-4-7-19(18)13-20/h5,8-14,26H,3-4,6-7H2,1-2H3,(H2,32,35)(H,33,36)/b22-14+. The smallest absolute Gasteiger partial charge is 0.262 e. The lowest BCUT2D eigenvalue weighted by Crippen LogP contribution is -2.38. The van der Waals surface area contributed by atoms with Gasteiger partial charge in [-0.3, -0.25) is 9.59 Å². The second-order valence-electron chi connectivity index (χ2n) is 8.95. The van der Waals surface area contributed by atoms with E-state index in [2.05, 4.69) is 5.32 Å². The van der Waals surface area contributed by atoms with Gasteiger partial charge in [0.25, 0.3) is 5.91 Å². The fraction of sp³-hybridized carbons (Fsp3) is 0.250. The van der Waals surface area contributed by atoms with E-state index in [1.807, 2.05) is 54.8 Å². The molecule has 0 bridgehead atoms. The van der Waals surface area contributed by atoms with Crippen LogP contribution in [0.4, 0.5) is 0 Å². The molecule has 0 spiro atoms. The lowest BCUT2D eigenvalue weighted by Gasteiger charge is -2.20. The van der Waals surface area contributed by atoms with Crippen LogP contribution in [0.25, 0.3) is 11.8 Å². The second-order valence-corrected chi connectivity index (χ2v) is 9.73. The Hall–Kier alpha value is -3.53. The third kappa shape index (κ3) is 5.04. The zero-order chi connectivity index (χ0) is 26.0. The van der Waals surface area contributed by atoms with Crippen molar-refractivity contribution < 1.29 is 9.59 Å². The second kappa shape index (κ2) is 10.6. The molecule has 3 aromatic rings. The molecule has 1 aliphatic rings. The minimum Gasteiger partial charge on any atom is -0.368 e. The molecular weight excluding hydrogens is 495 g/mol. The summed E-state index contributed by atoms with van der Waals surface area (Å²) >= 11 is 12.6. The number of nitrogens with two attached hydrogens (primary N) is 1. The topological polar surface area (TPSA) is 101 Å². The van der Waals surface area contributed by atoms with E-state index in [4.69, 9.17) is 28.9 Å². The summed E-state index contributed by atoms with van der Waals surface area (Å²) < 4.78 is 1.91. The fourth-order valence-electron chi connectivity index (χ4n) is 4.73. The van der Waals surface area contributed by atoms with Gasteiger partial charge in [0.15, 0.2) is 0 Å². The predicted octanol–water partition coefficient (Wildman–Crippen LogP) is 5.53. The van der Waals surface area contributed by atoms with Crippen molar-refractivity contribution in [1.82, 2.24) is 9.88 Å². The number of nitriles is 1. The Morgan fingerprint density at radius 3 is 2.53 bits per heavy atom. The molecule has 0 fully saturated rings. The number of rotatable bonds is 6. The van der Waals surface area contributed by atoms with Crippen molar-refractivity contribution in [2.24, 2.45) is 5.73 Å². The van der Waals surface area contributed by atoms with E-state index in [9.17, 15) is 14.9 Å². The maximum atomic E-state index is 13.1. The highest BCUT2D eigenvalue weighted by atomic mass is 35.5. The number of fused-ring (bicyclic) bond motifs is 1. The zero-order valence-electron chi connectivity index (χ0n) is 20.1. The molecule has 6 nitrogen and oxygen atoms in total. The van der Waals surface area contributed by atoms with Crippen molar-refractivity contribution in [3.8, 4) is 11.8 Å². The number of hydrogen-bond acceptors (Lipinski definition) is 3. The third-order valence-corrected chi connectivity index (χ3v) is 7.38. The van der Waals surface area contributed by atoms with Crippen LogP contribution in [0.3, 0.4) is 0 Å². The van der Waals surface area contributed by atoms with Gasteiger partial charge in [0.1, 0.15) is 17.7 Å². The molecule has 8 heteroatoms. The van der Waals surface area contributed by atoms with Crippen molar-refractivity contribution in [2.75, 3.05) is 0 Å². The number of primary amides is 1. The number of nitrogens with zero attached hydrogens (tertiary/aromatic N) is 2. The number of aryl methyl sites for hydroxylation is 3. The first-order chi connectivity index (χ1) is 17.2. The summed E-state index contributed by atoms with van der Waals surface area (Å²) in [5, 5.41) is 13.2. The van der Waals surface area contributed by atoms with Gasteiger partial charge in [0.05, 0.1) is 15.7 Å². The van der Waals surface area contributed by atoms with E-state index in [0.29, 0.717) is 26.9 Å². The molecule has 4 rings (SSSR count). The lowest BCUT2D eigenvalue weighted by molar-refractivity contribution is -0.125. The molecule has 0 radical (unpaired) electrons. The Morgan fingerprint density at radius 2 is 1.83 bits per heavy atom. The van der Waals surface area contributed by atoms with E-state index >= 15 is 0 Å². The minimum absolute atomic E-state index is 0.142. The molecule has 1 atom stereocenters. The number of hydrogen-bond donors (Lipinski definition) is 2. The highest BCUT2D eigenvalue weighted by Crippen LogP contribution is 2.32. The average Bonchev–Trinajstić information content (AvgIpc) is 3.14. The molecule has 1 aromatic heterocycles. The summed E-state index contributed by atoms with van der Waals surface area (Å²) in [5.74, 6) is -1.37. The van der Waals surface area contributed by atoms with Crippen LogP contribution in [0.2, 0.25) is 10.0 Å². The number of carbonyl (C=O) groups excluding carboxylic acids is 2. The van der Waals surface area contributed by atoms with Crippen LogP contribution in [-0.4, -0.2) is 16.4 Å². The van der Waals surface area contributed by atoms with Gasteiger partial charge in [0.2, 0.25) is 5.91 Å². The van der Waals surface area contributed by atoms with Gasteiger partial charge in [-0.15, -0.1) is 0 Å². The summed E-state index contributed by atoms with van der Waals surface area (Å²) in [7, 11) is 0. The van der Waals surface area contributed by atoms with Crippen molar-refractivity contribution in [1.29, 1.82) is 5.26 Å². The Bertz CT molecular complexity index is 1430. The van der Waals surface area contributed by atoms with Crippen LogP contribution in [0.1, 0.15) is 52.5 Å². The van der Waals surface area contributed by atoms with Gasteiger partial charge >= 0.3 is 0 Å². The number of amides is 2. The lowest BCUT2D eigenvalue weighted by atomic mass is 9.89. The Kier molecular flexibility index (Phi) is 7.53. The summed E-state index contributed by atoms with van der Waals surface area (Å²) in [6.07, 6.45) is 5.66. The largest absolute Gasteiger partial charge is 0.368 e. The molecule has 0 saturated heterocycles. The number of halogens is 2. The fourth-order valence-corrected chi connectivity index (χ4v) is 5.11. The summed E-state index contributed by atoms with van der Waals surface area (Å²) in [6, 6.07) is 13.9. The molecule has 1 unspecified atom stereocenters. The minimum atomic E-state index is -1.04. The number of benzene rings is 2. The summed E-state index contributed by atoms with van der Waals surface area (Å²) in [4.78, 5) is 25.3. The van der Waals surface area contributed by atoms with Crippen molar-refractivity contribution in [2.45, 2.75) is 45.6 Å². The summed E-state index contributed by atoms with van der Waals surface area (Å²) in [5.41, 5.74) is 11.5. The molecule has 1 aliphatic carbocycles. The van der Waals surface area contributed by atoms with E-state index in [1.54, 1.807) is 12.1 Å². The zero-order valence-corrected chi connectivity index (χ0v) is 21.6. The van der Waals surface area contributed by atoms with Gasteiger partial charge in [-0.25, -0.2) is 0 Å². The van der Waals surface area contributed by atoms with Gasteiger partial charge in [-0.05, 0) is 86.1 Å². The third-order valence-electron chi connectivity index (χ3n) is 6.57. The molecule has 0 saturated carbocycles. The molecule has 3 N–H and O–H groups in total. The van der Waals surface area contributed by atoms with Gasteiger partial charge in [-0.2, -0.15) is 5.26 Å². The predicted molar refractivity (Wildman–Crippen MR) is 142 cm³/mol. The number of carbonyl (C=O) groups is 2. The number of nitrogens with one attached hydrogen (secondary N) is 1. The van der Waals surface area contributed by atoms with Crippen molar-refractivity contribution in [3.05, 3.63) is 91.7 Å². The normalized spacial score (nSPS) is 14.0. The molecule has 1 heterocycles. The molecule has 0 aliphatic heterocycles. The van der Waals surface area contributed by atoms with Crippen LogP contribution in [0, 0.1) is 25.2 Å². The van der Waals surface area contributed by atoms with Crippen LogP contribution >= 0.6 is 23.2 Å².